The van der Waals surface area contributed by atoms with E-state index in [1.54, 1.807) is 0 Å². The maximum absolute atomic E-state index is 3.82. The van der Waals surface area contributed by atoms with Gasteiger partial charge < -0.3 is 0 Å². The molecule has 0 saturated carbocycles. The number of hydrogen-bond donors (Lipinski definition) is 2. The van der Waals surface area contributed by atoms with Crippen LogP contribution in [0.25, 0.3) is 0 Å². The standard InChI is InChI=1S/C9H20N2/c1-4-5-7-10-11-8-6-9(2)3/h10-11H,2,4-8H2,1,3H3. The fourth-order valence-electron chi connectivity index (χ4n) is 0.718. The topological polar surface area (TPSA) is 24.1 Å². The van der Waals surface area contributed by atoms with E-state index in [-0.39, 0.29) is 0 Å². The summed E-state index contributed by atoms with van der Waals surface area (Å²) in [4.78, 5) is 0. The van der Waals surface area contributed by atoms with E-state index in [1.165, 1.54) is 18.4 Å². The number of hydrogen-bond acceptors (Lipinski definition) is 2. The molecule has 0 amide bonds. The van der Waals surface area contributed by atoms with Gasteiger partial charge in [0.15, 0.2) is 0 Å². The van der Waals surface area contributed by atoms with Gasteiger partial charge in [-0.25, -0.2) is 0 Å². The molecule has 0 aliphatic rings. The quantitative estimate of drug-likeness (QED) is 0.334. The van der Waals surface area contributed by atoms with Gasteiger partial charge in [0, 0.05) is 13.1 Å². The highest BCUT2D eigenvalue weighted by Crippen LogP contribution is 1.90. The molecule has 0 radical (unpaired) electrons. The van der Waals surface area contributed by atoms with Gasteiger partial charge in [0.25, 0.3) is 0 Å². The van der Waals surface area contributed by atoms with Crippen molar-refractivity contribution in [3.8, 4) is 0 Å². The van der Waals surface area contributed by atoms with Crippen LogP contribution in [0.2, 0.25) is 0 Å². The summed E-state index contributed by atoms with van der Waals surface area (Å²) in [7, 11) is 0. The van der Waals surface area contributed by atoms with Gasteiger partial charge in [0.1, 0.15) is 0 Å². The van der Waals surface area contributed by atoms with E-state index in [9.17, 15) is 0 Å². The average molecular weight is 156 g/mol. The highest BCUT2D eigenvalue weighted by atomic mass is 15.3. The normalized spacial score (nSPS) is 10.0. The van der Waals surface area contributed by atoms with E-state index in [0.29, 0.717) is 0 Å². The lowest BCUT2D eigenvalue weighted by Gasteiger charge is -2.05. The van der Waals surface area contributed by atoms with Crippen LogP contribution in [0.3, 0.4) is 0 Å². The summed E-state index contributed by atoms with van der Waals surface area (Å²) in [5.74, 6) is 0. The first-order valence-corrected chi connectivity index (χ1v) is 4.37. The molecule has 0 bridgehead atoms. The second kappa shape index (κ2) is 7.76. The fourth-order valence-corrected chi connectivity index (χ4v) is 0.718. The first kappa shape index (κ1) is 10.7. The van der Waals surface area contributed by atoms with Crippen molar-refractivity contribution < 1.29 is 0 Å². The Balaban J connectivity index is 2.85. The zero-order valence-corrected chi connectivity index (χ0v) is 7.74. The van der Waals surface area contributed by atoms with Crippen LogP contribution in [0.15, 0.2) is 12.2 Å². The van der Waals surface area contributed by atoms with Crippen molar-refractivity contribution in [2.45, 2.75) is 33.1 Å². The van der Waals surface area contributed by atoms with E-state index in [0.717, 1.165) is 19.5 Å². The molecule has 2 nitrogen and oxygen atoms in total. The van der Waals surface area contributed by atoms with E-state index in [1.807, 2.05) is 6.92 Å². The second-order valence-corrected chi connectivity index (χ2v) is 2.91. The first-order chi connectivity index (χ1) is 5.27. The maximum Gasteiger partial charge on any atom is 0.0137 e. The van der Waals surface area contributed by atoms with E-state index < -0.39 is 0 Å². The molecule has 11 heavy (non-hydrogen) atoms. The van der Waals surface area contributed by atoms with Crippen molar-refractivity contribution in [2.75, 3.05) is 13.1 Å². The van der Waals surface area contributed by atoms with Crippen LogP contribution in [0.4, 0.5) is 0 Å². The lowest BCUT2D eigenvalue weighted by Crippen LogP contribution is -2.33. The molecule has 0 atom stereocenters. The molecule has 66 valence electrons. The molecule has 0 fully saturated rings. The molecule has 2 N–H and O–H groups in total. The van der Waals surface area contributed by atoms with Gasteiger partial charge in [-0.2, -0.15) is 0 Å². The zero-order chi connectivity index (χ0) is 8.53. The van der Waals surface area contributed by atoms with Gasteiger partial charge in [-0.3, -0.25) is 10.9 Å². The van der Waals surface area contributed by atoms with Crippen molar-refractivity contribution >= 4 is 0 Å². The Labute approximate surface area is 70.0 Å². The van der Waals surface area contributed by atoms with E-state index in [2.05, 4.69) is 24.4 Å². The molecule has 0 aliphatic carbocycles. The van der Waals surface area contributed by atoms with Crippen molar-refractivity contribution in [2.24, 2.45) is 0 Å². The highest BCUT2D eigenvalue weighted by molar-refractivity contribution is 4.87. The number of nitrogens with one attached hydrogen (secondary N) is 2. The smallest absolute Gasteiger partial charge is 0.0137 e. The summed E-state index contributed by atoms with van der Waals surface area (Å²) in [6, 6.07) is 0. The summed E-state index contributed by atoms with van der Waals surface area (Å²) in [6.45, 7) is 10.1. The molecule has 0 aromatic heterocycles. The number of unbranched alkanes of at least 4 members (excludes halogenated alkanes) is 1. The van der Waals surface area contributed by atoms with Gasteiger partial charge in [-0.05, 0) is 19.8 Å². The summed E-state index contributed by atoms with van der Waals surface area (Å²) in [6.07, 6.45) is 3.54. The number of rotatable bonds is 7. The van der Waals surface area contributed by atoms with Crippen LogP contribution in [-0.4, -0.2) is 13.1 Å². The van der Waals surface area contributed by atoms with Crippen molar-refractivity contribution in [3.05, 3.63) is 12.2 Å². The summed E-state index contributed by atoms with van der Waals surface area (Å²) in [5, 5.41) is 0. The second-order valence-electron chi connectivity index (χ2n) is 2.91. The monoisotopic (exact) mass is 156 g/mol. The average Bonchev–Trinajstić information content (AvgIpc) is 1.96. The summed E-state index contributed by atoms with van der Waals surface area (Å²) >= 11 is 0. The molecule has 0 aliphatic heterocycles. The predicted molar refractivity (Wildman–Crippen MR) is 50.3 cm³/mol. The van der Waals surface area contributed by atoms with Crippen LogP contribution in [-0.2, 0) is 0 Å². The van der Waals surface area contributed by atoms with Crippen molar-refractivity contribution in [3.63, 3.8) is 0 Å². The molecule has 0 spiro atoms. The Morgan fingerprint density at radius 2 is 1.91 bits per heavy atom. The summed E-state index contributed by atoms with van der Waals surface area (Å²) < 4.78 is 0. The zero-order valence-electron chi connectivity index (χ0n) is 7.74. The van der Waals surface area contributed by atoms with Gasteiger partial charge in [0.05, 0.1) is 0 Å². The molecule has 0 heterocycles. The Hall–Kier alpha value is -0.340. The minimum absolute atomic E-state index is 0.985. The van der Waals surface area contributed by atoms with Crippen LogP contribution in [0.1, 0.15) is 33.1 Å². The molecule has 0 unspecified atom stereocenters. The number of hydrazine groups is 1. The van der Waals surface area contributed by atoms with Crippen LogP contribution in [0.5, 0.6) is 0 Å². The third kappa shape index (κ3) is 9.66. The van der Waals surface area contributed by atoms with Crippen LogP contribution >= 0.6 is 0 Å². The highest BCUT2D eigenvalue weighted by Gasteiger charge is 1.86. The van der Waals surface area contributed by atoms with Gasteiger partial charge >= 0.3 is 0 Å². The molecule has 2 heteroatoms. The minimum atomic E-state index is 0.985. The SMILES string of the molecule is C=C(C)CCNNCCCC. The van der Waals surface area contributed by atoms with Gasteiger partial charge in [-0.1, -0.05) is 18.9 Å². The molecule has 0 aromatic carbocycles. The molecule has 0 rings (SSSR count). The maximum atomic E-state index is 3.82. The molecular weight excluding hydrogens is 136 g/mol. The molecular formula is C9H20N2. The Morgan fingerprint density at radius 3 is 2.45 bits per heavy atom. The molecule has 0 aromatic rings. The lowest BCUT2D eigenvalue weighted by atomic mass is 10.2. The Kier molecular flexibility index (Phi) is 7.52. The Morgan fingerprint density at radius 1 is 1.27 bits per heavy atom. The third-order valence-electron chi connectivity index (χ3n) is 1.46. The largest absolute Gasteiger partial charge is 0.258 e. The summed E-state index contributed by atoms with van der Waals surface area (Å²) in [5.41, 5.74) is 7.52. The lowest BCUT2D eigenvalue weighted by molar-refractivity contribution is 0.519. The molecule has 0 saturated heterocycles. The predicted octanol–water partition coefficient (Wildman–Crippen LogP) is 1.85. The third-order valence-corrected chi connectivity index (χ3v) is 1.46. The minimum Gasteiger partial charge on any atom is -0.258 e. The van der Waals surface area contributed by atoms with Gasteiger partial charge in [-0.15, -0.1) is 6.58 Å². The van der Waals surface area contributed by atoms with Crippen molar-refractivity contribution in [1.82, 2.24) is 10.9 Å². The fraction of sp³-hybridized carbons (Fsp3) is 0.778. The first-order valence-electron chi connectivity index (χ1n) is 4.37. The van der Waals surface area contributed by atoms with Crippen LogP contribution in [0, 0.1) is 0 Å². The van der Waals surface area contributed by atoms with Crippen LogP contribution < -0.4 is 10.9 Å². The Bertz CT molecular complexity index is 99.7. The van der Waals surface area contributed by atoms with E-state index >= 15 is 0 Å². The van der Waals surface area contributed by atoms with Crippen molar-refractivity contribution in [1.29, 1.82) is 0 Å². The van der Waals surface area contributed by atoms with Gasteiger partial charge in [0.2, 0.25) is 0 Å². The van der Waals surface area contributed by atoms with E-state index in [4.69, 9.17) is 0 Å².